The fraction of sp³-hybridized carbons (Fsp3) is 0.311. The Morgan fingerprint density at radius 1 is 0.446 bits per heavy atom. The van der Waals surface area contributed by atoms with Crippen molar-refractivity contribution < 1.29 is 0 Å². The molecule has 4 heteroatoms. The SMILES string of the molecule is CC(C)(C)c1ccc(-c2ccccc2N2c3cc(N4c5ccccc5C5(C)CCCCC45C)cc4c3B3c5c(cccc5C(C)(C)c5cccc2c53)N4c2ccc(C(C)(C)C)cc2)cc1. The van der Waals surface area contributed by atoms with E-state index in [9.17, 15) is 0 Å². The van der Waals surface area contributed by atoms with Gasteiger partial charge in [-0.15, -0.1) is 0 Å². The van der Waals surface area contributed by atoms with Crippen molar-refractivity contribution >= 4 is 68.6 Å². The molecule has 0 aromatic heterocycles. The maximum atomic E-state index is 2.79. The Morgan fingerprint density at radius 2 is 0.954 bits per heavy atom. The Labute approximate surface area is 388 Å². The maximum absolute atomic E-state index is 2.79. The van der Waals surface area contributed by atoms with E-state index in [0.717, 1.165) is 6.42 Å². The van der Waals surface area contributed by atoms with Gasteiger partial charge in [0, 0.05) is 56.2 Å². The van der Waals surface area contributed by atoms with Gasteiger partial charge in [-0.05, 0) is 129 Å². The number of anilines is 8. The van der Waals surface area contributed by atoms with E-state index in [-0.39, 0.29) is 33.9 Å². The first-order valence-electron chi connectivity index (χ1n) is 24.3. The lowest BCUT2D eigenvalue weighted by atomic mass is 9.28. The van der Waals surface area contributed by atoms with Crippen molar-refractivity contribution in [2.24, 2.45) is 0 Å². The minimum atomic E-state index is -0.211. The molecule has 5 aliphatic rings. The summed E-state index contributed by atoms with van der Waals surface area (Å²) in [6.45, 7) is 24.0. The maximum Gasteiger partial charge on any atom is 0.252 e. The molecule has 0 amide bonds. The molecule has 7 aromatic rings. The van der Waals surface area contributed by atoms with Gasteiger partial charge in [-0.2, -0.15) is 0 Å². The fourth-order valence-corrected chi connectivity index (χ4v) is 13.2. The summed E-state index contributed by atoms with van der Waals surface area (Å²) in [4.78, 5) is 8.10. The van der Waals surface area contributed by atoms with Crippen LogP contribution in [0.4, 0.5) is 45.5 Å². The third-order valence-corrected chi connectivity index (χ3v) is 16.9. The number of nitrogens with zero attached hydrogens (tertiary/aromatic N) is 3. The zero-order valence-corrected chi connectivity index (χ0v) is 40.1. The van der Waals surface area contributed by atoms with Crippen molar-refractivity contribution in [3.05, 3.63) is 173 Å². The summed E-state index contributed by atoms with van der Waals surface area (Å²) in [6.07, 6.45) is 4.84. The number of hydrogen-bond acceptors (Lipinski definition) is 3. The van der Waals surface area contributed by atoms with Crippen molar-refractivity contribution in [1.82, 2.24) is 0 Å². The second kappa shape index (κ2) is 13.5. The lowest BCUT2D eigenvalue weighted by Gasteiger charge is -2.52. The largest absolute Gasteiger partial charge is 0.334 e. The molecule has 1 fully saturated rings. The van der Waals surface area contributed by atoms with Gasteiger partial charge in [0.2, 0.25) is 0 Å². The average molecular weight is 848 g/mol. The molecule has 7 aromatic carbocycles. The number of hydrogen-bond donors (Lipinski definition) is 0. The Bertz CT molecular complexity index is 3090. The molecule has 1 aliphatic carbocycles. The van der Waals surface area contributed by atoms with Gasteiger partial charge in [0.05, 0.1) is 11.2 Å². The van der Waals surface area contributed by atoms with Crippen molar-refractivity contribution in [1.29, 1.82) is 0 Å². The normalized spacial score (nSPS) is 21.0. The van der Waals surface area contributed by atoms with Gasteiger partial charge >= 0.3 is 0 Å². The number of rotatable bonds is 4. The number of fused-ring (bicyclic) bond motifs is 3. The summed E-state index contributed by atoms with van der Waals surface area (Å²) in [5.74, 6) is 0. The molecule has 2 unspecified atom stereocenters. The molecular weight excluding hydrogens is 786 g/mol. The molecule has 3 nitrogen and oxygen atoms in total. The molecular formula is C61H62BN3. The summed E-state index contributed by atoms with van der Waals surface area (Å²) in [5.41, 5.74) is 23.8. The summed E-state index contributed by atoms with van der Waals surface area (Å²) < 4.78 is 0. The van der Waals surface area contributed by atoms with Crippen LogP contribution < -0.4 is 31.1 Å². The van der Waals surface area contributed by atoms with Crippen LogP contribution in [0.25, 0.3) is 11.1 Å². The first-order chi connectivity index (χ1) is 31.0. The van der Waals surface area contributed by atoms with Crippen LogP contribution in [0.1, 0.15) is 123 Å². The summed E-state index contributed by atoms with van der Waals surface area (Å²) in [7, 11) is 0. The van der Waals surface area contributed by atoms with Gasteiger partial charge in [0.15, 0.2) is 0 Å². The van der Waals surface area contributed by atoms with Gasteiger partial charge in [-0.3, -0.25) is 0 Å². The van der Waals surface area contributed by atoms with Crippen LogP contribution in [-0.4, -0.2) is 12.3 Å². The van der Waals surface area contributed by atoms with E-state index in [4.69, 9.17) is 0 Å². The molecule has 4 aliphatic heterocycles. The van der Waals surface area contributed by atoms with Crippen molar-refractivity contribution in [2.45, 2.75) is 122 Å². The molecule has 2 atom stereocenters. The Kier molecular flexibility index (Phi) is 8.44. The molecule has 324 valence electrons. The monoisotopic (exact) mass is 848 g/mol. The number of benzene rings is 7. The van der Waals surface area contributed by atoms with Crippen LogP contribution in [0, 0.1) is 0 Å². The highest BCUT2D eigenvalue weighted by Gasteiger charge is 2.58. The molecule has 0 bridgehead atoms. The highest BCUT2D eigenvalue weighted by molar-refractivity contribution is 7.01. The Hall–Kier alpha value is -6.00. The van der Waals surface area contributed by atoms with E-state index in [2.05, 4.69) is 230 Å². The topological polar surface area (TPSA) is 9.72 Å². The number of para-hydroxylation sites is 2. The van der Waals surface area contributed by atoms with Gasteiger partial charge in [0.25, 0.3) is 6.71 Å². The minimum Gasteiger partial charge on any atom is -0.334 e. The van der Waals surface area contributed by atoms with Crippen molar-refractivity contribution in [3.8, 4) is 11.1 Å². The summed E-state index contributed by atoms with van der Waals surface area (Å²) >= 11 is 0. The average Bonchev–Trinajstić information content (AvgIpc) is 3.50. The first kappa shape index (κ1) is 40.5. The highest BCUT2D eigenvalue weighted by atomic mass is 15.3. The molecule has 0 spiro atoms. The lowest BCUT2D eigenvalue weighted by molar-refractivity contribution is 0.195. The van der Waals surface area contributed by atoms with Crippen molar-refractivity contribution in [2.75, 3.05) is 14.7 Å². The quantitative estimate of drug-likeness (QED) is 0.163. The smallest absolute Gasteiger partial charge is 0.252 e. The predicted octanol–water partition coefficient (Wildman–Crippen LogP) is 14.4. The molecule has 0 saturated heterocycles. The lowest BCUT2D eigenvalue weighted by Crippen LogP contribution is -2.67. The second-order valence-corrected chi connectivity index (χ2v) is 22.9. The van der Waals surface area contributed by atoms with Gasteiger partial charge in [-0.25, -0.2) is 0 Å². The van der Waals surface area contributed by atoms with E-state index in [0.29, 0.717) is 0 Å². The molecule has 4 heterocycles. The second-order valence-electron chi connectivity index (χ2n) is 22.9. The Balaban J connectivity index is 1.20. The van der Waals surface area contributed by atoms with E-state index >= 15 is 0 Å². The third-order valence-electron chi connectivity index (χ3n) is 16.9. The van der Waals surface area contributed by atoms with E-state index < -0.39 is 0 Å². The summed E-state index contributed by atoms with van der Waals surface area (Å²) in [5, 5.41) is 0. The van der Waals surface area contributed by atoms with Gasteiger partial charge in [0.1, 0.15) is 0 Å². The van der Waals surface area contributed by atoms with Crippen LogP contribution >= 0.6 is 0 Å². The van der Waals surface area contributed by atoms with Crippen LogP contribution in [-0.2, 0) is 21.7 Å². The Morgan fingerprint density at radius 3 is 1.58 bits per heavy atom. The molecule has 0 radical (unpaired) electrons. The minimum absolute atomic E-state index is 0.0287. The van der Waals surface area contributed by atoms with Gasteiger partial charge < -0.3 is 14.7 Å². The van der Waals surface area contributed by atoms with Crippen LogP contribution in [0.15, 0.2) is 146 Å². The zero-order chi connectivity index (χ0) is 45.0. The standard InChI is InChI=1S/C61H62BN3/c1-57(2,3)40-29-27-39(28-30-40)44-19-11-13-23-48(44)64-51-26-18-22-47-55(51)62-54-46(59(47,7)8)21-17-25-50(54)63(42-33-31-41(32-34-42)58(4,5)6)52-37-43(38-53(64)56(52)62)65-49-24-14-12-20-45(49)60(9)35-15-16-36-61(60,65)10/h11-14,17-34,37-38H,15-16,35-36H2,1-10H3. The van der Waals surface area contributed by atoms with Crippen LogP contribution in [0.2, 0.25) is 0 Å². The first-order valence-corrected chi connectivity index (χ1v) is 24.3. The molecule has 65 heavy (non-hydrogen) atoms. The van der Waals surface area contributed by atoms with Crippen molar-refractivity contribution in [3.63, 3.8) is 0 Å². The van der Waals surface area contributed by atoms with Crippen LogP contribution in [0.3, 0.4) is 0 Å². The van der Waals surface area contributed by atoms with Crippen LogP contribution in [0.5, 0.6) is 0 Å². The van der Waals surface area contributed by atoms with E-state index in [1.165, 1.54) is 120 Å². The van der Waals surface area contributed by atoms with E-state index in [1.54, 1.807) is 0 Å². The molecule has 1 saturated carbocycles. The molecule has 12 rings (SSSR count). The highest BCUT2D eigenvalue weighted by Crippen LogP contribution is 2.62. The van der Waals surface area contributed by atoms with E-state index in [1.807, 2.05) is 0 Å². The third kappa shape index (κ3) is 5.49. The zero-order valence-electron chi connectivity index (χ0n) is 40.1. The predicted molar refractivity (Wildman–Crippen MR) is 278 cm³/mol. The summed E-state index contributed by atoms with van der Waals surface area (Å²) in [6, 6.07) is 56.9. The fourth-order valence-electron chi connectivity index (χ4n) is 13.2. The molecule has 0 N–H and O–H groups in total. The van der Waals surface area contributed by atoms with Gasteiger partial charge in [-0.1, -0.05) is 172 Å².